The summed E-state index contributed by atoms with van der Waals surface area (Å²) >= 11 is 3.43. The molecular formula is C17H18BrNO. The molecule has 0 saturated heterocycles. The van der Waals surface area contributed by atoms with Crippen LogP contribution in [0.4, 0.5) is 0 Å². The van der Waals surface area contributed by atoms with Crippen LogP contribution < -0.4 is 5.73 Å². The van der Waals surface area contributed by atoms with Crippen LogP contribution in [-0.2, 0) is 11.8 Å². The van der Waals surface area contributed by atoms with Crippen molar-refractivity contribution in [2.75, 3.05) is 6.54 Å². The number of fused-ring (bicyclic) bond motifs is 1. The van der Waals surface area contributed by atoms with Crippen LogP contribution in [0.15, 0.2) is 53.0 Å². The lowest BCUT2D eigenvalue weighted by Gasteiger charge is -2.34. The summed E-state index contributed by atoms with van der Waals surface area (Å²) in [5, 5.41) is 10.9. The molecule has 104 valence electrons. The normalized spacial score (nSPS) is 22.6. The van der Waals surface area contributed by atoms with Gasteiger partial charge in [0.1, 0.15) is 0 Å². The molecule has 1 aliphatic carbocycles. The van der Waals surface area contributed by atoms with Gasteiger partial charge in [0.25, 0.3) is 0 Å². The summed E-state index contributed by atoms with van der Waals surface area (Å²) in [7, 11) is 0. The highest BCUT2D eigenvalue weighted by atomic mass is 79.9. The second-order valence-corrected chi connectivity index (χ2v) is 6.39. The van der Waals surface area contributed by atoms with E-state index in [-0.39, 0.29) is 5.41 Å². The lowest BCUT2D eigenvalue weighted by molar-refractivity contribution is 0.0840. The standard InChI is InChI=1S/C17H18BrNO/c18-14-7-5-13(6-8-14)16(20)17(11-19)10-9-12-3-1-2-4-15(12)17/h1-8,16,20H,9-11,19H2. The Bertz CT molecular complexity index is 611. The highest BCUT2D eigenvalue weighted by molar-refractivity contribution is 9.10. The third-order valence-corrected chi connectivity index (χ3v) is 5.00. The van der Waals surface area contributed by atoms with Crippen molar-refractivity contribution < 1.29 is 5.11 Å². The number of halogens is 1. The van der Waals surface area contributed by atoms with Crippen molar-refractivity contribution in [1.29, 1.82) is 0 Å². The topological polar surface area (TPSA) is 46.2 Å². The van der Waals surface area contributed by atoms with Crippen LogP contribution in [0.25, 0.3) is 0 Å². The van der Waals surface area contributed by atoms with Gasteiger partial charge in [-0.05, 0) is 41.7 Å². The molecule has 2 aromatic carbocycles. The Kier molecular flexibility index (Phi) is 3.67. The minimum absolute atomic E-state index is 0.357. The minimum Gasteiger partial charge on any atom is -0.387 e. The smallest absolute Gasteiger partial charge is 0.0898 e. The molecule has 0 aliphatic heterocycles. The Morgan fingerprint density at radius 3 is 2.55 bits per heavy atom. The van der Waals surface area contributed by atoms with Crippen molar-refractivity contribution in [3.05, 3.63) is 69.7 Å². The number of aliphatic hydroxyl groups is 1. The summed E-state index contributed by atoms with van der Waals surface area (Å²) < 4.78 is 1.02. The van der Waals surface area contributed by atoms with Gasteiger partial charge in [-0.2, -0.15) is 0 Å². The molecule has 20 heavy (non-hydrogen) atoms. The fraction of sp³-hybridized carbons (Fsp3) is 0.294. The van der Waals surface area contributed by atoms with E-state index in [0.29, 0.717) is 6.54 Å². The Morgan fingerprint density at radius 2 is 1.85 bits per heavy atom. The average molecular weight is 332 g/mol. The van der Waals surface area contributed by atoms with Crippen molar-refractivity contribution in [3.8, 4) is 0 Å². The van der Waals surface area contributed by atoms with Gasteiger partial charge in [-0.1, -0.05) is 52.3 Å². The Morgan fingerprint density at radius 1 is 1.15 bits per heavy atom. The van der Waals surface area contributed by atoms with Crippen LogP contribution in [0.1, 0.15) is 29.2 Å². The van der Waals surface area contributed by atoms with E-state index >= 15 is 0 Å². The first-order valence-electron chi connectivity index (χ1n) is 6.89. The SMILES string of the molecule is NCC1(C(O)c2ccc(Br)cc2)CCc2ccccc21. The number of hydrogen-bond acceptors (Lipinski definition) is 2. The largest absolute Gasteiger partial charge is 0.387 e. The Labute approximate surface area is 127 Å². The first-order chi connectivity index (χ1) is 9.67. The highest BCUT2D eigenvalue weighted by Gasteiger charge is 2.43. The van der Waals surface area contributed by atoms with Crippen LogP contribution >= 0.6 is 15.9 Å². The lowest BCUT2D eigenvalue weighted by Crippen LogP contribution is -2.39. The number of aliphatic hydroxyl groups excluding tert-OH is 1. The fourth-order valence-electron chi connectivity index (χ4n) is 3.29. The zero-order chi connectivity index (χ0) is 14.2. The van der Waals surface area contributed by atoms with Crippen molar-refractivity contribution in [2.45, 2.75) is 24.4 Å². The number of nitrogens with two attached hydrogens (primary N) is 1. The molecule has 2 unspecified atom stereocenters. The Balaban J connectivity index is 2.04. The van der Waals surface area contributed by atoms with E-state index in [2.05, 4.69) is 34.1 Å². The van der Waals surface area contributed by atoms with Crippen LogP contribution in [0, 0.1) is 0 Å². The van der Waals surface area contributed by atoms with Gasteiger partial charge in [-0.3, -0.25) is 0 Å². The second-order valence-electron chi connectivity index (χ2n) is 5.47. The molecule has 0 bridgehead atoms. The van der Waals surface area contributed by atoms with E-state index in [4.69, 9.17) is 5.73 Å². The molecule has 2 aromatic rings. The molecule has 0 amide bonds. The maximum absolute atomic E-state index is 10.9. The monoisotopic (exact) mass is 331 g/mol. The quantitative estimate of drug-likeness (QED) is 0.906. The average Bonchev–Trinajstić information content (AvgIpc) is 2.87. The third-order valence-electron chi connectivity index (χ3n) is 4.47. The zero-order valence-electron chi connectivity index (χ0n) is 11.2. The molecule has 2 nitrogen and oxygen atoms in total. The second kappa shape index (κ2) is 5.32. The highest BCUT2D eigenvalue weighted by Crippen LogP contribution is 2.46. The number of rotatable bonds is 3. The van der Waals surface area contributed by atoms with E-state index in [1.807, 2.05) is 30.3 Å². The van der Waals surface area contributed by atoms with E-state index in [1.54, 1.807) is 0 Å². The van der Waals surface area contributed by atoms with Crippen molar-refractivity contribution in [1.82, 2.24) is 0 Å². The van der Waals surface area contributed by atoms with Gasteiger partial charge in [-0.15, -0.1) is 0 Å². The summed E-state index contributed by atoms with van der Waals surface area (Å²) in [6.45, 7) is 0.460. The summed E-state index contributed by atoms with van der Waals surface area (Å²) in [4.78, 5) is 0. The molecule has 0 aromatic heterocycles. The molecule has 2 atom stereocenters. The first-order valence-corrected chi connectivity index (χ1v) is 7.69. The molecule has 0 heterocycles. The molecular weight excluding hydrogens is 314 g/mol. The van der Waals surface area contributed by atoms with Gasteiger partial charge in [0.15, 0.2) is 0 Å². The van der Waals surface area contributed by atoms with Crippen LogP contribution in [0.2, 0.25) is 0 Å². The summed E-state index contributed by atoms with van der Waals surface area (Å²) in [5.74, 6) is 0. The summed E-state index contributed by atoms with van der Waals surface area (Å²) in [6, 6.07) is 16.2. The number of hydrogen-bond donors (Lipinski definition) is 2. The van der Waals surface area contributed by atoms with Crippen LogP contribution in [0.3, 0.4) is 0 Å². The summed E-state index contributed by atoms with van der Waals surface area (Å²) in [6.07, 6.45) is 1.32. The van der Waals surface area contributed by atoms with Crippen LogP contribution in [-0.4, -0.2) is 11.7 Å². The lowest BCUT2D eigenvalue weighted by atomic mass is 9.74. The summed E-state index contributed by atoms with van der Waals surface area (Å²) in [5.41, 5.74) is 9.17. The van der Waals surface area contributed by atoms with Crippen molar-refractivity contribution in [3.63, 3.8) is 0 Å². The molecule has 3 N–H and O–H groups in total. The van der Waals surface area contributed by atoms with Crippen LogP contribution in [0.5, 0.6) is 0 Å². The number of aryl methyl sites for hydroxylation is 1. The van der Waals surface area contributed by atoms with Crippen molar-refractivity contribution in [2.24, 2.45) is 5.73 Å². The van der Waals surface area contributed by atoms with E-state index in [9.17, 15) is 5.11 Å². The molecule has 0 radical (unpaired) electrons. The fourth-order valence-corrected chi connectivity index (χ4v) is 3.55. The Hall–Kier alpha value is -1.16. The third kappa shape index (κ3) is 2.10. The van der Waals surface area contributed by atoms with Crippen molar-refractivity contribution >= 4 is 15.9 Å². The molecule has 0 saturated carbocycles. The van der Waals surface area contributed by atoms with E-state index in [0.717, 1.165) is 22.9 Å². The minimum atomic E-state index is -0.566. The molecule has 1 aliphatic rings. The molecule has 0 spiro atoms. The maximum atomic E-state index is 10.9. The molecule has 0 fully saturated rings. The predicted molar refractivity (Wildman–Crippen MR) is 84.6 cm³/mol. The van der Waals surface area contributed by atoms with E-state index < -0.39 is 6.10 Å². The maximum Gasteiger partial charge on any atom is 0.0898 e. The van der Waals surface area contributed by atoms with Gasteiger partial charge in [-0.25, -0.2) is 0 Å². The predicted octanol–water partition coefficient (Wildman–Crippen LogP) is 3.33. The van der Waals surface area contributed by atoms with Gasteiger partial charge in [0.2, 0.25) is 0 Å². The first kappa shape index (κ1) is 13.8. The van der Waals surface area contributed by atoms with E-state index in [1.165, 1.54) is 11.1 Å². The van der Waals surface area contributed by atoms with Gasteiger partial charge in [0, 0.05) is 16.4 Å². The van der Waals surface area contributed by atoms with Gasteiger partial charge < -0.3 is 10.8 Å². The van der Waals surface area contributed by atoms with Gasteiger partial charge >= 0.3 is 0 Å². The number of benzene rings is 2. The van der Waals surface area contributed by atoms with Gasteiger partial charge in [0.05, 0.1) is 6.10 Å². The molecule has 3 rings (SSSR count). The molecule has 3 heteroatoms. The zero-order valence-corrected chi connectivity index (χ0v) is 12.8.